The third-order valence-electron chi connectivity index (χ3n) is 7.82. The average Bonchev–Trinajstić information content (AvgIpc) is 3.47. The number of methoxy groups -OCH3 is 1. The zero-order chi connectivity index (χ0) is 29.4. The summed E-state index contributed by atoms with van der Waals surface area (Å²) in [6.07, 6.45) is 5.87. The van der Waals surface area contributed by atoms with Crippen molar-refractivity contribution in [3.05, 3.63) is 24.3 Å². The molecule has 9 nitrogen and oxygen atoms in total. The zero-order valence-corrected chi connectivity index (χ0v) is 26.6. The largest absolute Gasteiger partial charge is 0.497 e. The molecule has 3 amide bonds. The smallest absolute Gasteiger partial charge is 0.411 e. The van der Waals surface area contributed by atoms with Crippen molar-refractivity contribution >= 4 is 47.1 Å². The molecular formula is C30H46N4O5S2. The molecule has 11 heteroatoms. The second-order valence-corrected chi connectivity index (χ2v) is 14.2. The van der Waals surface area contributed by atoms with Crippen LogP contribution < -0.4 is 15.0 Å². The molecule has 228 valence electrons. The van der Waals surface area contributed by atoms with Gasteiger partial charge in [0, 0.05) is 43.4 Å². The molecule has 1 aliphatic carbocycles. The Morgan fingerprint density at radius 2 is 1.73 bits per heavy atom. The topological polar surface area (TPSA) is 91.4 Å². The van der Waals surface area contributed by atoms with E-state index in [4.69, 9.17) is 9.47 Å². The van der Waals surface area contributed by atoms with Gasteiger partial charge in [-0.25, -0.2) is 4.79 Å². The van der Waals surface area contributed by atoms with Crippen molar-refractivity contribution in [3.63, 3.8) is 0 Å². The number of amides is 3. The van der Waals surface area contributed by atoms with Crippen LogP contribution in [-0.4, -0.2) is 102 Å². The molecule has 1 saturated carbocycles. The standard InChI is InChI=1S/C30H46N4O5S2/c1-30(2,3)39-29(37)34-21-41-20-26(34)27(35)31-25(19-40-18-22-8-6-5-7-9-22)28(36)33-16-14-32(15-17-33)23-10-12-24(38-4)13-11-23/h10-13,22,25-26H,5-9,14-21H2,1-4H3,(H,31,35)/t25-,26-/m0/s1. The van der Waals surface area contributed by atoms with Crippen LogP contribution in [0.3, 0.4) is 0 Å². The highest BCUT2D eigenvalue weighted by Gasteiger charge is 2.39. The highest BCUT2D eigenvalue weighted by atomic mass is 32.2. The van der Waals surface area contributed by atoms with Crippen LogP contribution in [0.4, 0.5) is 10.5 Å². The number of carbonyl (C=O) groups excluding carboxylic acids is 3. The fraction of sp³-hybridized carbons (Fsp3) is 0.700. The number of benzene rings is 1. The van der Waals surface area contributed by atoms with E-state index in [0.717, 1.165) is 30.3 Å². The first-order valence-electron chi connectivity index (χ1n) is 14.8. The molecule has 1 N–H and O–H groups in total. The van der Waals surface area contributed by atoms with Crippen molar-refractivity contribution in [2.45, 2.75) is 70.6 Å². The molecule has 1 aromatic carbocycles. The van der Waals surface area contributed by atoms with Gasteiger partial charge < -0.3 is 24.6 Å². The van der Waals surface area contributed by atoms with Crippen molar-refractivity contribution in [2.75, 3.05) is 61.3 Å². The van der Waals surface area contributed by atoms with Crippen LogP contribution in [0.15, 0.2) is 24.3 Å². The number of rotatable bonds is 9. The first-order valence-corrected chi connectivity index (χ1v) is 17.1. The van der Waals surface area contributed by atoms with E-state index in [1.54, 1.807) is 18.9 Å². The molecule has 4 rings (SSSR count). The maximum absolute atomic E-state index is 13.8. The summed E-state index contributed by atoms with van der Waals surface area (Å²) in [4.78, 5) is 45.7. The normalized spacial score (nSPS) is 21.0. The monoisotopic (exact) mass is 606 g/mol. The average molecular weight is 607 g/mol. The fourth-order valence-electron chi connectivity index (χ4n) is 5.51. The van der Waals surface area contributed by atoms with Gasteiger partial charge in [0.05, 0.1) is 13.0 Å². The Labute approximate surface area is 253 Å². The number of thioether (sulfide) groups is 2. The maximum atomic E-state index is 13.8. The lowest BCUT2D eigenvalue weighted by Gasteiger charge is -2.38. The van der Waals surface area contributed by atoms with Crippen molar-refractivity contribution in [2.24, 2.45) is 5.92 Å². The van der Waals surface area contributed by atoms with E-state index in [2.05, 4.69) is 10.2 Å². The van der Waals surface area contributed by atoms with Crippen LogP contribution in [0, 0.1) is 5.92 Å². The molecule has 2 saturated heterocycles. The van der Waals surface area contributed by atoms with E-state index in [1.165, 1.54) is 48.8 Å². The summed E-state index contributed by atoms with van der Waals surface area (Å²) in [7, 11) is 1.66. The van der Waals surface area contributed by atoms with Gasteiger partial charge in [0.1, 0.15) is 23.4 Å². The summed E-state index contributed by atoms with van der Waals surface area (Å²) >= 11 is 3.29. The molecule has 2 atom stereocenters. The predicted octanol–water partition coefficient (Wildman–Crippen LogP) is 4.45. The summed E-state index contributed by atoms with van der Waals surface area (Å²) in [6.45, 7) is 8.07. The van der Waals surface area contributed by atoms with Gasteiger partial charge in [0.25, 0.3) is 0 Å². The van der Waals surface area contributed by atoms with E-state index >= 15 is 0 Å². The molecule has 0 radical (unpaired) electrons. The summed E-state index contributed by atoms with van der Waals surface area (Å²) in [5.41, 5.74) is 0.458. The summed E-state index contributed by atoms with van der Waals surface area (Å²) in [5.74, 6) is 3.60. The van der Waals surface area contributed by atoms with Crippen LogP contribution in [0.2, 0.25) is 0 Å². The van der Waals surface area contributed by atoms with Crippen molar-refractivity contribution in [1.29, 1.82) is 0 Å². The lowest BCUT2D eigenvalue weighted by molar-refractivity contribution is -0.137. The summed E-state index contributed by atoms with van der Waals surface area (Å²) in [5, 5.41) is 3.06. The number of ether oxygens (including phenoxy) is 2. The van der Waals surface area contributed by atoms with Crippen LogP contribution >= 0.6 is 23.5 Å². The number of hydrogen-bond donors (Lipinski definition) is 1. The summed E-state index contributed by atoms with van der Waals surface area (Å²) < 4.78 is 10.8. The highest BCUT2D eigenvalue weighted by molar-refractivity contribution is 7.99. The molecule has 2 aliphatic heterocycles. The Bertz CT molecular complexity index is 1020. The molecule has 0 bridgehead atoms. The molecule has 3 fully saturated rings. The first kappa shape index (κ1) is 31.7. The lowest BCUT2D eigenvalue weighted by Crippen LogP contribution is -2.58. The van der Waals surface area contributed by atoms with E-state index < -0.39 is 23.8 Å². The second-order valence-electron chi connectivity index (χ2n) is 12.1. The highest BCUT2D eigenvalue weighted by Crippen LogP contribution is 2.28. The van der Waals surface area contributed by atoms with Crippen molar-refractivity contribution in [1.82, 2.24) is 15.1 Å². The second kappa shape index (κ2) is 14.8. The molecule has 41 heavy (non-hydrogen) atoms. The molecule has 0 aromatic heterocycles. The van der Waals surface area contributed by atoms with Gasteiger partial charge in [-0.15, -0.1) is 11.8 Å². The third-order valence-corrected chi connectivity index (χ3v) is 10.1. The number of carbonyl (C=O) groups is 3. The Morgan fingerprint density at radius 3 is 2.37 bits per heavy atom. The Morgan fingerprint density at radius 1 is 1.05 bits per heavy atom. The van der Waals surface area contributed by atoms with E-state index in [1.807, 2.05) is 49.9 Å². The van der Waals surface area contributed by atoms with Gasteiger partial charge in [-0.1, -0.05) is 19.3 Å². The van der Waals surface area contributed by atoms with Crippen LogP contribution in [0.1, 0.15) is 52.9 Å². The van der Waals surface area contributed by atoms with Gasteiger partial charge in [-0.2, -0.15) is 11.8 Å². The maximum Gasteiger partial charge on any atom is 0.411 e. The van der Waals surface area contributed by atoms with Crippen molar-refractivity contribution in [3.8, 4) is 5.75 Å². The minimum absolute atomic E-state index is 0.0432. The van der Waals surface area contributed by atoms with Crippen LogP contribution in [0.25, 0.3) is 0 Å². The molecular weight excluding hydrogens is 560 g/mol. The Kier molecular flexibility index (Phi) is 11.4. The van der Waals surface area contributed by atoms with Crippen molar-refractivity contribution < 1.29 is 23.9 Å². The van der Waals surface area contributed by atoms with E-state index in [0.29, 0.717) is 36.4 Å². The fourth-order valence-corrected chi connectivity index (χ4v) is 7.91. The lowest BCUT2D eigenvalue weighted by atomic mass is 9.91. The number of anilines is 1. The molecule has 3 aliphatic rings. The molecule has 2 heterocycles. The van der Waals surface area contributed by atoms with Gasteiger partial charge in [0.2, 0.25) is 11.8 Å². The van der Waals surface area contributed by atoms with E-state index in [9.17, 15) is 14.4 Å². The molecule has 0 spiro atoms. The SMILES string of the molecule is COc1ccc(N2CCN(C(=O)[C@H](CSCC3CCCCC3)NC(=O)[C@@H]3CSCN3C(=O)OC(C)(C)C)CC2)cc1. The predicted molar refractivity (Wildman–Crippen MR) is 167 cm³/mol. The van der Waals surface area contributed by atoms with Gasteiger partial charge >= 0.3 is 6.09 Å². The number of piperazine rings is 1. The minimum Gasteiger partial charge on any atom is -0.497 e. The minimum atomic E-state index is -0.652. The Balaban J connectivity index is 1.38. The summed E-state index contributed by atoms with van der Waals surface area (Å²) in [6, 6.07) is 6.69. The van der Waals surface area contributed by atoms with E-state index in [-0.39, 0.29) is 11.8 Å². The Hall–Kier alpha value is -2.27. The van der Waals surface area contributed by atoms with Gasteiger partial charge in [-0.05, 0) is 69.5 Å². The number of nitrogens with zero attached hydrogens (tertiary/aromatic N) is 3. The molecule has 1 aromatic rings. The number of nitrogens with one attached hydrogen (secondary N) is 1. The van der Waals surface area contributed by atoms with Gasteiger partial charge in [-0.3, -0.25) is 14.5 Å². The van der Waals surface area contributed by atoms with Crippen LogP contribution in [0.5, 0.6) is 5.75 Å². The van der Waals surface area contributed by atoms with Crippen LogP contribution in [-0.2, 0) is 14.3 Å². The first-order chi connectivity index (χ1) is 19.6. The third kappa shape index (κ3) is 9.11. The molecule has 0 unspecified atom stereocenters. The number of hydrogen-bond acceptors (Lipinski definition) is 8. The van der Waals surface area contributed by atoms with Gasteiger partial charge in [0.15, 0.2) is 0 Å². The quantitative estimate of drug-likeness (QED) is 0.441. The zero-order valence-electron chi connectivity index (χ0n) is 24.9.